The molecule has 3 unspecified atom stereocenters. The zero-order valence-electron chi connectivity index (χ0n) is 19.3. The first-order valence-corrected chi connectivity index (χ1v) is 12.1. The Hall–Kier alpha value is -1.44. The molecule has 2 N–H and O–H groups in total. The molecule has 1 aliphatic rings. The van der Waals surface area contributed by atoms with Crippen molar-refractivity contribution in [3.8, 4) is 0 Å². The molecular weight excluding hydrogens is 436 g/mol. The fourth-order valence-corrected chi connectivity index (χ4v) is 4.93. The number of nitrogens with one attached hydrogen (secondary N) is 1. The van der Waals surface area contributed by atoms with E-state index >= 15 is 0 Å². The number of nitrogens with zero attached hydrogens (tertiary/aromatic N) is 1. The van der Waals surface area contributed by atoms with Gasteiger partial charge in [-0.3, -0.25) is 9.69 Å². The lowest BCUT2D eigenvalue weighted by Gasteiger charge is -2.32. The van der Waals surface area contributed by atoms with Gasteiger partial charge in [0.1, 0.15) is 17.0 Å². The first kappa shape index (κ1) is 25.8. The number of carbonyl (C=O) groups is 2. The Balaban J connectivity index is 2.13. The minimum atomic E-state index is -0.717. The smallest absolute Gasteiger partial charge is 0.412 e. The van der Waals surface area contributed by atoms with Gasteiger partial charge in [0.2, 0.25) is 5.91 Å². The highest BCUT2D eigenvalue weighted by molar-refractivity contribution is 7.99. The third-order valence-electron chi connectivity index (χ3n) is 4.88. The molecule has 174 valence electrons. The van der Waals surface area contributed by atoms with Crippen molar-refractivity contribution in [1.29, 1.82) is 0 Å². The van der Waals surface area contributed by atoms with Crippen molar-refractivity contribution in [2.45, 2.75) is 89.5 Å². The van der Waals surface area contributed by atoms with Crippen LogP contribution in [0.2, 0.25) is 5.02 Å². The summed E-state index contributed by atoms with van der Waals surface area (Å²) in [5.41, 5.74) is -0.486. The predicted octanol–water partition coefficient (Wildman–Crippen LogP) is 5.14. The molecule has 2 rings (SSSR count). The molecule has 1 aliphatic heterocycles. The summed E-state index contributed by atoms with van der Waals surface area (Å²) in [5.74, 6) is 0.292. The van der Waals surface area contributed by atoms with Crippen molar-refractivity contribution >= 4 is 35.4 Å². The Morgan fingerprint density at radius 2 is 1.87 bits per heavy atom. The van der Waals surface area contributed by atoms with Gasteiger partial charge >= 0.3 is 6.09 Å². The topological polar surface area (TPSA) is 78.9 Å². The fraction of sp³-hybridized carbons (Fsp3) is 0.652. The minimum Gasteiger partial charge on any atom is -0.444 e. The standard InChI is InChI=1S/C23H35ClN2O4S/c1-15(8-7-13-23(5,6)29)25-19(27)18-14-31-20(16-9-11-17(24)12-10-16)26(18)21(28)30-22(2,3)4/h9-12,15,18,20,29H,7-8,13-14H2,1-6H3,(H,25,27). The predicted molar refractivity (Wildman–Crippen MR) is 126 cm³/mol. The largest absolute Gasteiger partial charge is 0.444 e. The Bertz CT molecular complexity index is 758. The molecule has 0 radical (unpaired) electrons. The molecule has 0 aromatic heterocycles. The number of benzene rings is 1. The Morgan fingerprint density at radius 3 is 2.42 bits per heavy atom. The van der Waals surface area contributed by atoms with Crippen molar-refractivity contribution in [2.75, 3.05) is 5.75 Å². The second kappa shape index (κ2) is 10.5. The highest BCUT2D eigenvalue weighted by atomic mass is 35.5. The number of carbonyl (C=O) groups excluding carboxylic acids is 2. The average Bonchev–Trinajstić information content (AvgIpc) is 3.05. The second-order valence-electron chi connectivity index (χ2n) is 9.75. The van der Waals surface area contributed by atoms with Gasteiger partial charge in [-0.05, 0) is 78.5 Å². The number of rotatable bonds is 7. The maximum Gasteiger partial charge on any atom is 0.412 e. The molecular formula is C23H35ClN2O4S. The van der Waals surface area contributed by atoms with Gasteiger partial charge in [-0.2, -0.15) is 0 Å². The van der Waals surface area contributed by atoms with Crippen LogP contribution in [0, 0.1) is 0 Å². The zero-order valence-corrected chi connectivity index (χ0v) is 20.8. The number of hydrogen-bond donors (Lipinski definition) is 2. The summed E-state index contributed by atoms with van der Waals surface area (Å²) in [6, 6.07) is 6.62. The third-order valence-corrected chi connectivity index (χ3v) is 6.45. The Morgan fingerprint density at radius 1 is 1.26 bits per heavy atom. The molecule has 2 amide bonds. The molecule has 6 nitrogen and oxygen atoms in total. The monoisotopic (exact) mass is 470 g/mol. The molecule has 31 heavy (non-hydrogen) atoms. The minimum absolute atomic E-state index is 0.0603. The molecule has 0 saturated carbocycles. The molecule has 8 heteroatoms. The Kier molecular flexibility index (Phi) is 8.70. The van der Waals surface area contributed by atoms with Gasteiger partial charge in [0, 0.05) is 16.8 Å². The molecule has 0 spiro atoms. The van der Waals surface area contributed by atoms with Gasteiger partial charge < -0.3 is 15.2 Å². The lowest BCUT2D eigenvalue weighted by Crippen LogP contribution is -2.51. The van der Waals surface area contributed by atoms with E-state index in [9.17, 15) is 14.7 Å². The first-order chi connectivity index (χ1) is 14.3. The molecule has 0 aliphatic carbocycles. The van der Waals surface area contributed by atoms with Gasteiger partial charge in [-0.1, -0.05) is 23.7 Å². The molecule has 1 aromatic rings. The van der Waals surface area contributed by atoms with Crippen molar-refractivity contribution in [3.05, 3.63) is 34.9 Å². The van der Waals surface area contributed by atoms with E-state index in [2.05, 4.69) is 5.32 Å². The van der Waals surface area contributed by atoms with Crippen LogP contribution in [0.1, 0.15) is 71.7 Å². The van der Waals surface area contributed by atoms with Crippen molar-refractivity contribution in [2.24, 2.45) is 0 Å². The molecule has 1 saturated heterocycles. The summed E-state index contributed by atoms with van der Waals surface area (Å²) in [5, 5.41) is 13.2. The van der Waals surface area contributed by atoms with E-state index in [0.717, 1.165) is 18.4 Å². The number of halogens is 1. The van der Waals surface area contributed by atoms with Gasteiger partial charge in [0.25, 0.3) is 0 Å². The average molecular weight is 471 g/mol. The van der Waals surface area contributed by atoms with Crippen LogP contribution in [-0.4, -0.2) is 51.0 Å². The lowest BCUT2D eigenvalue weighted by molar-refractivity contribution is -0.126. The van der Waals surface area contributed by atoms with Crippen LogP contribution in [0.25, 0.3) is 0 Å². The first-order valence-electron chi connectivity index (χ1n) is 10.7. The summed E-state index contributed by atoms with van der Waals surface area (Å²) >= 11 is 7.56. The van der Waals surface area contributed by atoms with Crippen LogP contribution in [0.4, 0.5) is 4.79 Å². The van der Waals surface area contributed by atoms with E-state index in [4.69, 9.17) is 16.3 Å². The molecule has 0 bridgehead atoms. The molecule has 1 heterocycles. The van der Waals surface area contributed by atoms with Crippen LogP contribution >= 0.6 is 23.4 Å². The van der Waals surface area contributed by atoms with Gasteiger partial charge in [0.05, 0.1) is 5.60 Å². The van der Waals surface area contributed by atoms with Gasteiger partial charge in [-0.15, -0.1) is 11.8 Å². The fourth-order valence-electron chi connectivity index (χ4n) is 3.38. The summed E-state index contributed by atoms with van der Waals surface area (Å²) in [6.07, 6.45) is 1.71. The van der Waals surface area contributed by atoms with E-state index in [1.807, 2.05) is 39.8 Å². The lowest BCUT2D eigenvalue weighted by atomic mass is 9.99. The SMILES string of the molecule is CC(CCCC(C)(C)O)NC(=O)C1CSC(c2ccc(Cl)cc2)N1C(=O)OC(C)(C)C. The van der Waals surface area contributed by atoms with Crippen LogP contribution in [0.5, 0.6) is 0 Å². The zero-order chi connectivity index (χ0) is 23.4. The van der Waals surface area contributed by atoms with Crippen LogP contribution in [0.15, 0.2) is 24.3 Å². The van der Waals surface area contributed by atoms with E-state index in [-0.39, 0.29) is 17.3 Å². The van der Waals surface area contributed by atoms with Gasteiger partial charge in [0.15, 0.2) is 0 Å². The highest BCUT2D eigenvalue weighted by Gasteiger charge is 2.44. The number of aliphatic hydroxyl groups is 1. The van der Waals surface area contributed by atoms with Crippen molar-refractivity contribution < 1.29 is 19.4 Å². The van der Waals surface area contributed by atoms with E-state index in [1.165, 1.54) is 16.7 Å². The number of hydrogen-bond acceptors (Lipinski definition) is 5. The quantitative estimate of drug-likeness (QED) is 0.577. The van der Waals surface area contributed by atoms with Gasteiger partial charge in [-0.25, -0.2) is 4.79 Å². The second-order valence-corrected chi connectivity index (χ2v) is 11.3. The summed E-state index contributed by atoms with van der Waals surface area (Å²) in [4.78, 5) is 27.7. The highest BCUT2D eigenvalue weighted by Crippen LogP contribution is 2.42. The summed E-state index contributed by atoms with van der Waals surface area (Å²) < 4.78 is 5.62. The van der Waals surface area contributed by atoms with E-state index in [1.54, 1.807) is 26.0 Å². The van der Waals surface area contributed by atoms with Crippen LogP contribution in [0.3, 0.4) is 0 Å². The van der Waals surface area contributed by atoms with E-state index in [0.29, 0.717) is 17.2 Å². The maximum atomic E-state index is 13.1. The summed E-state index contributed by atoms with van der Waals surface area (Å²) in [6.45, 7) is 10.9. The third kappa shape index (κ3) is 8.20. The molecule has 3 atom stereocenters. The van der Waals surface area contributed by atoms with Crippen LogP contribution < -0.4 is 5.32 Å². The number of amides is 2. The van der Waals surface area contributed by atoms with Crippen LogP contribution in [-0.2, 0) is 9.53 Å². The Labute approximate surface area is 195 Å². The molecule has 1 fully saturated rings. The summed E-state index contributed by atoms with van der Waals surface area (Å²) in [7, 11) is 0. The normalized spacial score (nSPS) is 20.5. The molecule has 1 aromatic carbocycles. The maximum absolute atomic E-state index is 13.1. The number of thioether (sulfide) groups is 1. The van der Waals surface area contributed by atoms with E-state index < -0.39 is 23.3 Å². The number of ether oxygens (including phenoxy) is 1. The van der Waals surface area contributed by atoms with Crippen molar-refractivity contribution in [3.63, 3.8) is 0 Å². The van der Waals surface area contributed by atoms with Crippen molar-refractivity contribution in [1.82, 2.24) is 10.2 Å².